The second-order valence-corrected chi connectivity index (χ2v) is 5.52. The zero-order valence-corrected chi connectivity index (χ0v) is 13.3. The fourth-order valence-corrected chi connectivity index (χ4v) is 2.36. The number of rotatable bonds is 7. The molecule has 10 heteroatoms. The Balaban J connectivity index is 2.41. The van der Waals surface area contributed by atoms with Crippen molar-refractivity contribution in [1.29, 1.82) is 0 Å². The average molecular weight is 334 g/mol. The molecule has 0 radical (unpaired) electrons. The van der Waals surface area contributed by atoms with Crippen LogP contribution in [0.2, 0.25) is 0 Å². The number of hydrogen-bond acceptors (Lipinski definition) is 6. The van der Waals surface area contributed by atoms with Crippen molar-refractivity contribution in [3.8, 4) is 0 Å². The molecule has 0 saturated carbocycles. The lowest BCUT2D eigenvalue weighted by molar-refractivity contribution is -0.446. The highest BCUT2D eigenvalue weighted by Crippen LogP contribution is 2.24. The molecule has 2 aromatic rings. The minimum Gasteiger partial charge on any atom is -0.329 e. The summed E-state index contributed by atoms with van der Waals surface area (Å²) in [6, 6.07) is 3.16. The van der Waals surface area contributed by atoms with Gasteiger partial charge in [-0.3, -0.25) is 14.6 Å². The molecule has 10 nitrogen and oxygen atoms in total. The molecule has 0 aliphatic rings. The van der Waals surface area contributed by atoms with E-state index in [1.807, 2.05) is 19.0 Å². The van der Waals surface area contributed by atoms with E-state index in [9.17, 15) is 19.7 Å². The summed E-state index contributed by atoms with van der Waals surface area (Å²) in [5.74, 6) is -0.596. The lowest BCUT2D eigenvalue weighted by Gasteiger charge is -2.19. The molecule has 2 rings (SSSR count). The Hall–Kier alpha value is -3.01. The summed E-state index contributed by atoms with van der Waals surface area (Å²) < 4.78 is 0. The van der Waals surface area contributed by atoms with Crippen LogP contribution in [0.25, 0.3) is 0 Å². The summed E-state index contributed by atoms with van der Waals surface area (Å²) in [4.78, 5) is 45.0. The van der Waals surface area contributed by atoms with E-state index in [0.29, 0.717) is 24.1 Å². The third kappa shape index (κ3) is 4.49. The Morgan fingerprint density at radius 3 is 2.75 bits per heavy atom. The van der Waals surface area contributed by atoms with Gasteiger partial charge < -0.3 is 9.88 Å². The van der Waals surface area contributed by atoms with E-state index in [2.05, 4.69) is 15.0 Å². The first-order valence-corrected chi connectivity index (χ1v) is 7.20. The monoisotopic (exact) mass is 334 g/mol. The van der Waals surface area contributed by atoms with Crippen LogP contribution in [0.4, 0.5) is 5.95 Å². The molecule has 0 aromatic carbocycles. The minimum absolute atomic E-state index is 0.244. The predicted octanol–water partition coefficient (Wildman–Crippen LogP) is 0.145. The normalized spacial score (nSPS) is 12.1. The first kappa shape index (κ1) is 17.3. The van der Waals surface area contributed by atoms with Gasteiger partial charge in [0.25, 0.3) is 11.5 Å². The molecule has 0 saturated heterocycles. The van der Waals surface area contributed by atoms with Gasteiger partial charge in [0.15, 0.2) is 5.03 Å². The highest BCUT2D eigenvalue weighted by atomic mass is 16.7. The van der Waals surface area contributed by atoms with Crippen LogP contribution >= 0.6 is 0 Å². The zero-order valence-electron chi connectivity index (χ0n) is 13.3. The van der Waals surface area contributed by atoms with E-state index < -0.39 is 10.6 Å². The Bertz CT molecular complexity index is 828. The Morgan fingerprint density at radius 2 is 2.17 bits per heavy atom. The number of anilines is 1. The number of nitrogens with zero attached hydrogens (tertiary/aromatic N) is 3. The number of pyridine rings is 1. The van der Waals surface area contributed by atoms with Gasteiger partial charge in [-0.2, -0.15) is 0 Å². The van der Waals surface area contributed by atoms with E-state index in [4.69, 9.17) is 0 Å². The smallest absolute Gasteiger partial charge is 0.265 e. The van der Waals surface area contributed by atoms with Crippen molar-refractivity contribution < 1.29 is 5.03 Å². The summed E-state index contributed by atoms with van der Waals surface area (Å²) in [7, 11) is 3.81. The van der Waals surface area contributed by atoms with Crippen molar-refractivity contribution in [1.82, 2.24) is 19.9 Å². The molecular weight excluding hydrogens is 316 g/mol. The third-order valence-electron chi connectivity index (χ3n) is 3.47. The van der Waals surface area contributed by atoms with Crippen molar-refractivity contribution >= 4 is 5.95 Å². The maximum Gasteiger partial charge on any atom is 0.265 e. The van der Waals surface area contributed by atoms with Gasteiger partial charge in [0.1, 0.15) is 0 Å². The van der Waals surface area contributed by atoms with Crippen LogP contribution in [0, 0.1) is 10.1 Å². The van der Waals surface area contributed by atoms with E-state index in [0.717, 1.165) is 0 Å². The van der Waals surface area contributed by atoms with E-state index in [1.54, 1.807) is 11.5 Å². The second-order valence-electron chi connectivity index (χ2n) is 5.52. The summed E-state index contributed by atoms with van der Waals surface area (Å²) in [5.41, 5.74) is 2.08. The van der Waals surface area contributed by atoms with Crippen LogP contribution in [0.5, 0.6) is 0 Å². The molecule has 2 heterocycles. The lowest BCUT2D eigenvalue weighted by atomic mass is 9.90. The Morgan fingerprint density at radius 1 is 1.42 bits per heavy atom. The van der Waals surface area contributed by atoms with Crippen molar-refractivity contribution in [3.63, 3.8) is 0 Å². The third-order valence-corrected chi connectivity index (χ3v) is 3.47. The summed E-state index contributed by atoms with van der Waals surface area (Å²) in [5, 5.41) is 9.62. The molecule has 2 aromatic heterocycles. The van der Waals surface area contributed by atoms with Gasteiger partial charge in [0, 0.05) is 29.9 Å². The maximum absolute atomic E-state index is 12.3. The molecule has 0 aliphatic heterocycles. The number of nitro groups is 1. The molecule has 0 bridgehead atoms. The van der Waals surface area contributed by atoms with E-state index >= 15 is 0 Å². The van der Waals surface area contributed by atoms with Gasteiger partial charge in [-0.05, 0) is 38.7 Å². The van der Waals surface area contributed by atoms with E-state index in [1.165, 1.54) is 18.5 Å². The number of hydrogen-bond donors (Lipinski definition) is 3. The Kier molecular flexibility index (Phi) is 5.42. The van der Waals surface area contributed by atoms with Gasteiger partial charge in [0.05, 0.1) is 0 Å². The standard InChI is InChI=1S/C14H18N6O4/c1-19(2)6-4-10(9-3-5-15-12(21)7-9)11-8-16-14(17-13(11)22)18-20(23)24/h3,5,7-8,10H,4,6H2,1-2H3,(H,15,21)(H2,16,17,18,22). The van der Waals surface area contributed by atoms with Crippen molar-refractivity contribution in [2.24, 2.45) is 0 Å². The molecule has 0 fully saturated rings. The average Bonchev–Trinajstić information content (AvgIpc) is 2.48. The van der Waals surface area contributed by atoms with Crippen LogP contribution in [0.1, 0.15) is 23.5 Å². The summed E-state index contributed by atoms with van der Waals surface area (Å²) in [6.07, 6.45) is 3.40. The maximum atomic E-state index is 12.3. The van der Waals surface area contributed by atoms with Gasteiger partial charge in [-0.25, -0.2) is 15.1 Å². The SMILES string of the molecule is CN(C)CCC(c1cc[nH]c(=O)c1)c1cnc(N[N+](=O)[O-])[nH]c1=O. The van der Waals surface area contributed by atoms with Crippen LogP contribution in [0.3, 0.4) is 0 Å². The molecular formula is C14H18N6O4. The molecule has 0 amide bonds. The fourth-order valence-electron chi connectivity index (χ4n) is 2.36. The molecule has 3 N–H and O–H groups in total. The van der Waals surface area contributed by atoms with Crippen LogP contribution in [0.15, 0.2) is 34.1 Å². The van der Waals surface area contributed by atoms with Crippen molar-refractivity contribution in [2.45, 2.75) is 12.3 Å². The molecule has 1 unspecified atom stereocenters. The second kappa shape index (κ2) is 7.51. The summed E-state index contributed by atoms with van der Waals surface area (Å²) >= 11 is 0. The highest BCUT2D eigenvalue weighted by molar-refractivity contribution is 5.31. The van der Waals surface area contributed by atoms with Crippen molar-refractivity contribution in [2.75, 3.05) is 26.1 Å². The Labute approximate surface area is 136 Å². The zero-order chi connectivity index (χ0) is 17.7. The van der Waals surface area contributed by atoms with Crippen LogP contribution < -0.4 is 16.5 Å². The molecule has 0 aliphatic carbocycles. The first-order valence-electron chi connectivity index (χ1n) is 7.20. The van der Waals surface area contributed by atoms with Gasteiger partial charge in [0.2, 0.25) is 5.56 Å². The van der Waals surface area contributed by atoms with Crippen LogP contribution in [-0.4, -0.2) is 45.5 Å². The quantitative estimate of drug-likeness (QED) is 0.484. The molecule has 1 atom stereocenters. The predicted molar refractivity (Wildman–Crippen MR) is 87.6 cm³/mol. The van der Waals surface area contributed by atoms with Crippen LogP contribution in [-0.2, 0) is 0 Å². The molecule has 24 heavy (non-hydrogen) atoms. The highest BCUT2D eigenvalue weighted by Gasteiger charge is 2.19. The number of aromatic nitrogens is 3. The number of aromatic amines is 2. The number of hydrazine groups is 1. The lowest BCUT2D eigenvalue weighted by Crippen LogP contribution is -2.24. The fraction of sp³-hybridized carbons (Fsp3) is 0.357. The molecule has 128 valence electrons. The number of H-pyrrole nitrogens is 2. The molecule has 0 spiro atoms. The largest absolute Gasteiger partial charge is 0.329 e. The van der Waals surface area contributed by atoms with Gasteiger partial charge in [-0.1, -0.05) is 5.43 Å². The van der Waals surface area contributed by atoms with Crippen molar-refractivity contribution in [3.05, 3.63) is 66.5 Å². The minimum atomic E-state index is -0.807. The first-order chi connectivity index (χ1) is 11.4. The van der Waals surface area contributed by atoms with E-state index in [-0.39, 0.29) is 17.4 Å². The number of nitrogens with one attached hydrogen (secondary N) is 3. The van der Waals surface area contributed by atoms with Gasteiger partial charge >= 0.3 is 0 Å². The summed E-state index contributed by atoms with van der Waals surface area (Å²) in [6.45, 7) is 0.686. The topological polar surface area (TPSA) is 137 Å². The van der Waals surface area contributed by atoms with Gasteiger partial charge in [-0.15, -0.1) is 0 Å².